The molecule has 0 saturated heterocycles. The van der Waals surface area contributed by atoms with Gasteiger partial charge in [0.15, 0.2) is 0 Å². The molecule has 0 radical (unpaired) electrons. The highest BCUT2D eigenvalue weighted by molar-refractivity contribution is 6.76. The summed E-state index contributed by atoms with van der Waals surface area (Å²) in [6.07, 6.45) is 1.78. The Kier molecular flexibility index (Phi) is 5.37. The summed E-state index contributed by atoms with van der Waals surface area (Å²) < 4.78 is 10.3. The molecule has 1 rings (SSSR count). The lowest BCUT2D eigenvalue weighted by Crippen LogP contribution is -2.21. The van der Waals surface area contributed by atoms with Crippen LogP contribution in [0.3, 0.4) is 0 Å². The molecule has 0 amide bonds. The smallest absolute Gasteiger partial charge is 0.293 e. The number of H-pyrrole nitrogens is 1. The van der Waals surface area contributed by atoms with Crippen molar-refractivity contribution in [3.63, 3.8) is 0 Å². The van der Waals surface area contributed by atoms with Crippen LogP contribution in [0.4, 0.5) is 0 Å². The molecule has 96 valence electrons. The molecule has 0 aromatic carbocycles. The molecule has 1 aromatic rings. The molecule has 0 bridgehead atoms. The molecule has 1 heterocycles. The average molecular weight is 256 g/mol. The predicted octanol–water partition coefficient (Wildman–Crippen LogP) is 1.94. The molecule has 0 spiro atoms. The second-order valence-corrected chi connectivity index (χ2v) is 10.7. The van der Waals surface area contributed by atoms with Gasteiger partial charge in [-0.3, -0.25) is 9.89 Å². The number of ether oxygens (including phenoxy) is 2. The quantitative estimate of drug-likeness (QED) is 0.438. The summed E-state index contributed by atoms with van der Waals surface area (Å²) in [6.45, 7) is 8.85. The first-order valence-corrected chi connectivity index (χ1v) is 9.38. The van der Waals surface area contributed by atoms with Crippen LogP contribution in [0.1, 0.15) is 11.3 Å². The van der Waals surface area contributed by atoms with Crippen molar-refractivity contribution in [1.82, 2.24) is 10.2 Å². The molecule has 0 atom stereocenters. The second-order valence-electron chi connectivity index (χ2n) is 5.13. The zero-order valence-corrected chi connectivity index (χ0v) is 11.7. The van der Waals surface area contributed by atoms with Crippen molar-refractivity contribution in [2.75, 3.05) is 6.61 Å². The van der Waals surface area contributed by atoms with E-state index in [9.17, 15) is 4.79 Å². The van der Waals surface area contributed by atoms with Crippen LogP contribution < -0.4 is 0 Å². The highest BCUT2D eigenvalue weighted by Crippen LogP contribution is 2.11. The molecule has 0 unspecified atom stereocenters. The van der Waals surface area contributed by atoms with Crippen LogP contribution in [0, 0.1) is 0 Å². The molecule has 5 nitrogen and oxygen atoms in total. The number of carbonyl (C=O) groups is 1. The standard InChI is InChI=1S/C11H20N2O3Si/c1-17(2,3)5-4-15-7-10-6-12-13-11(10)8-16-9-14/h6,9H,4-5,7-8H2,1-3H3,(H,12,13). The van der Waals surface area contributed by atoms with Crippen LogP contribution in [0.15, 0.2) is 6.20 Å². The molecule has 0 saturated carbocycles. The van der Waals surface area contributed by atoms with Gasteiger partial charge in [0.25, 0.3) is 6.47 Å². The van der Waals surface area contributed by atoms with E-state index >= 15 is 0 Å². The number of hydrogen-bond acceptors (Lipinski definition) is 4. The summed E-state index contributed by atoms with van der Waals surface area (Å²) in [4.78, 5) is 10.1. The Labute approximate surface area is 103 Å². The maximum absolute atomic E-state index is 10.1. The highest BCUT2D eigenvalue weighted by atomic mass is 28.3. The van der Waals surface area contributed by atoms with E-state index in [2.05, 4.69) is 34.6 Å². The third-order valence-corrected chi connectivity index (χ3v) is 4.06. The van der Waals surface area contributed by atoms with Crippen molar-refractivity contribution >= 4 is 14.5 Å². The van der Waals surface area contributed by atoms with E-state index in [-0.39, 0.29) is 6.61 Å². The van der Waals surface area contributed by atoms with E-state index in [1.165, 1.54) is 0 Å². The normalized spacial score (nSPS) is 11.5. The van der Waals surface area contributed by atoms with Gasteiger partial charge in [-0.25, -0.2) is 0 Å². The minimum absolute atomic E-state index is 0.194. The molecule has 1 N–H and O–H groups in total. The van der Waals surface area contributed by atoms with Gasteiger partial charge in [-0.2, -0.15) is 5.10 Å². The van der Waals surface area contributed by atoms with Crippen molar-refractivity contribution in [1.29, 1.82) is 0 Å². The fraction of sp³-hybridized carbons (Fsp3) is 0.636. The summed E-state index contributed by atoms with van der Waals surface area (Å²) in [5.41, 5.74) is 1.67. The maximum atomic E-state index is 10.1. The summed E-state index contributed by atoms with van der Waals surface area (Å²) in [6, 6.07) is 1.14. The molecule has 0 aliphatic rings. The highest BCUT2D eigenvalue weighted by Gasteiger charge is 2.12. The van der Waals surface area contributed by atoms with Crippen LogP contribution in [0.25, 0.3) is 0 Å². The number of nitrogens with one attached hydrogen (secondary N) is 1. The van der Waals surface area contributed by atoms with Crippen molar-refractivity contribution in [3.8, 4) is 0 Å². The summed E-state index contributed by atoms with van der Waals surface area (Å²) in [7, 11) is -1.03. The SMILES string of the molecule is C[Si](C)(C)CCOCc1c[nH]nc1COC=O. The molecule has 1 aromatic heterocycles. The van der Waals surface area contributed by atoms with Gasteiger partial charge in [-0.1, -0.05) is 19.6 Å². The number of carbonyl (C=O) groups excluding carboxylic acids is 1. The third kappa shape index (κ3) is 5.65. The number of aromatic nitrogens is 2. The van der Waals surface area contributed by atoms with Crippen LogP contribution in [-0.4, -0.2) is 31.4 Å². The largest absolute Gasteiger partial charge is 0.461 e. The van der Waals surface area contributed by atoms with Crippen LogP contribution >= 0.6 is 0 Å². The predicted molar refractivity (Wildman–Crippen MR) is 67.2 cm³/mol. The zero-order chi connectivity index (χ0) is 12.7. The van der Waals surface area contributed by atoms with E-state index < -0.39 is 8.07 Å². The second kappa shape index (κ2) is 6.56. The van der Waals surface area contributed by atoms with Crippen LogP contribution in [0.2, 0.25) is 25.7 Å². The average Bonchev–Trinajstić information content (AvgIpc) is 2.67. The van der Waals surface area contributed by atoms with Gasteiger partial charge < -0.3 is 9.47 Å². The van der Waals surface area contributed by atoms with Crippen molar-refractivity contribution in [2.24, 2.45) is 0 Å². The number of nitrogens with zero attached hydrogens (tertiary/aromatic N) is 1. The van der Waals surface area contributed by atoms with E-state index in [1.54, 1.807) is 6.20 Å². The molecule has 0 fully saturated rings. The monoisotopic (exact) mass is 256 g/mol. The van der Waals surface area contributed by atoms with Crippen molar-refractivity contribution in [2.45, 2.75) is 38.9 Å². The van der Waals surface area contributed by atoms with E-state index in [0.29, 0.717) is 13.1 Å². The fourth-order valence-corrected chi connectivity index (χ4v) is 2.02. The van der Waals surface area contributed by atoms with Crippen molar-refractivity contribution < 1.29 is 14.3 Å². The number of rotatable bonds is 8. The lowest BCUT2D eigenvalue weighted by atomic mass is 10.3. The number of hydrogen-bond donors (Lipinski definition) is 1. The van der Waals surface area contributed by atoms with Gasteiger partial charge in [-0.15, -0.1) is 0 Å². The lowest BCUT2D eigenvalue weighted by molar-refractivity contribution is -0.129. The Morgan fingerprint density at radius 2 is 2.18 bits per heavy atom. The van der Waals surface area contributed by atoms with E-state index in [4.69, 9.17) is 4.74 Å². The first kappa shape index (κ1) is 13.9. The molecular formula is C11H20N2O3Si. The summed E-state index contributed by atoms with van der Waals surface area (Å²) in [5, 5.41) is 6.75. The van der Waals surface area contributed by atoms with Crippen molar-refractivity contribution in [3.05, 3.63) is 17.5 Å². The Balaban J connectivity index is 2.31. The molecular weight excluding hydrogens is 236 g/mol. The Morgan fingerprint density at radius 1 is 1.41 bits per heavy atom. The summed E-state index contributed by atoms with van der Waals surface area (Å²) >= 11 is 0. The van der Waals surface area contributed by atoms with Gasteiger partial charge >= 0.3 is 0 Å². The van der Waals surface area contributed by atoms with Crippen LogP contribution in [0.5, 0.6) is 0 Å². The third-order valence-electron chi connectivity index (χ3n) is 2.35. The topological polar surface area (TPSA) is 64.2 Å². The Bertz CT molecular complexity index is 347. The minimum atomic E-state index is -1.03. The first-order chi connectivity index (χ1) is 8.03. The summed E-state index contributed by atoms with van der Waals surface area (Å²) in [5.74, 6) is 0. The van der Waals surface area contributed by atoms with E-state index in [1.807, 2.05) is 0 Å². The Hall–Kier alpha value is -1.14. The van der Waals surface area contributed by atoms with Crippen LogP contribution in [-0.2, 0) is 27.5 Å². The van der Waals surface area contributed by atoms with Gasteiger partial charge in [0.2, 0.25) is 0 Å². The minimum Gasteiger partial charge on any atom is -0.461 e. The lowest BCUT2D eigenvalue weighted by Gasteiger charge is -2.15. The van der Waals surface area contributed by atoms with Gasteiger partial charge in [0, 0.05) is 26.4 Å². The fourth-order valence-electron chi connectivity index (χ4n) is 1.27. The maximum Gasteiger partial charge on any atom is 0.293 e. The van der Waals surface area contributed by atoms with Gasteiger partial charge in [-0.05, 0) is 6.04 Å². The molecule has 0 aliphatic heterocycles. The molecule has 6 heteroatoms. The van der Waals surface area contributed by atoms with Gasteiger partial charge in [0.05, 0.1) is 6.61 Å². The Morgan fingerprint density at radius 3 is 2.82 bits per heavy atom. The zero-order valence-electron chi connectivity index (χ0n) is 10.7. The van der Waals surface area contributed by atoms with Gasteiger partial charge in [0.1, 0.15) is 12.3 Å². The first-order valence-electron chi connectivity index (χ1n) is 5.67. The number of aromatic amines is 1. The molecule has 0 aliphatic carbocycles. The molecule has 17 heavy (non-hydrogen) atoms. The van der Waals surface area contributed by atoms with E-state index in [0.717, 1.165) is 23.9 Å².